The number of nitriles is 1. The minimum atomic E-state index is -0.801. The minimum Gasteiger partial charge on any atom is -0.205 e. The highest BCUT2D eigenvalue weighted by Gasteiger charge is 2.25. The van der Waals surface area contributed by atoms with Crippen molar-refractivity contribution >= 4 is 0 Å². The Bertz CT molecular complexity index is 953. The largest absolute Gasteiger partial charge is 0.205 e. The zero-order valence-electron chi connectivity index (χ0n) is 17.3. The Balaban J connectivity index is 1.36. The van der Waals surface area contributed by atoms with Gasteiger partial charge in [0.15, 0.2) is 0 Å². The maximum atomic E-state index is 14.0. The highest BCUT2D eigenvalue weighted by Crippen LogP contribution is 2.40. The zero-order valence-corrected chi connectivity index (χ0v) is 17.3. The van der Waals surface area contributed by atoms with Gasteiger partial charge in [0.2, 0.25) is 0 Å². The first-order chi connectivity index (χ1) is 14.6. The van der Waals surface area contributed by atoms with Gasteiger partial charge in [-0.3, -0.25) is 0 Å². The van der Waals surface area contributed by atoms with Crippen LogP contribution in [0.3, 0.4) is 0 Å². The van der Waals surface area contributed by atoms with Gasteiger partial charge in [-0.15, -0.1) is 0 Å². The Morgan fingerprint density at radius 3 is 1.97 bits per heavy atom. The quantitative estimate of drug-likeness (QED) is 0.502. The van der Waals surface area contributed by atoms with Crippen LogP contribution in [0.5, 0.6) is 0 Å². The molecular weight excluding hydrogens is 376 g/mol. The smallest absolute Gasteiger partial charge is 0.143 e. The molecule has 2 saturated carbocycles. The van der Waals surface area contributed by atoms with Crippen LogP contribution < -0.4 is 0 Å². The number of nitrogens with zero attached hydrogens (tertiary/aromatic N) is 1. The number of halogens is 2. The van der Waals surface area contributed by atoms with E-state index in [0.29, 0.717) is 5.92 Å². The van der Waals surface area contributed by atoms with Crippen LogP contribution in [-0.2, 0) is 0 Å². The van der Waals surface area contributed by atoms with Gasteiger partial charge in [-0.25, -0.2) is 8.78 Å². The second-order valence-electron chi connectivity index (χ2n) is 8.90. The van der Waals surface area contributed by atoms with Crippen LogP contribution >= 0.6 is 0 Å². The fraction of sp³-hybridized carbons (Fsp3) is 0.444. The molecule has 154 valence electrons. The van der Waals surface area contributed by atoms with Gasteiger partial charge in [0, 0.05) is 5.56 Å². The standard InChI is InChI=1S/C27H27F2N/c28-26-16-22(18-30)17-27(29)25(26)14-9-19-5-10-23(11-6-19)24-12-7-21(8-13-24)15-20-3-1-2-4-20/h5-6,10-11,16-17,20-21,24H,1-4,7-8,12-13,15H2. The van der Waals surface area contributed by atoms with Crippen LogP contribution in [0.1, 0.15) is 86.0 Å². The predicted octanol–water partition coefficient (Wildman–Crippen LogP) is 7.09. The van der Waals surface area contributed by atoms with Crippen LogP contribution in [0.25, 0.3) is 0 Å². The molecule has 0 spiro atoms. The van der Waals surface area contributed by atoms with E-state index in [0.717, 1.165) is 29.5 Å². The van der Waals surface area contributed by atoms with E-state index in [-0.39, 0.29) is 11.1 Å². The van der Waals surface area contributed by atoms with E-state index in [1.165, 1.54) is 63.4 Å². The zero-order chi connectivity index (χ0) is 20.9. The van der Waals surface area contributed by atoms with Crippen molar-refractivity contribution in [2.24, 2.45) is 11.8 Å². The molecule has 2 aliphatic carbocycles. The lowest BCUT2D eigenvalue weighted by molar-refractivity contribution is 0.270. The monoisotopic (exact) mass is 403 g/mol. The first-order valence-corrected chi connectivity index (χ1v) is 11.1. The second kappa shape index (κ2) is 9.44. The van der Waals surface area contributed by atoms with Crippen LogP contribution in [-0.4, -0.2) is 0 Å². The van der Waals surface area contributed by atoms with E-state index in [1.807, 2.05) is 12.1 Å². The van der Waals surface area contributed by atoms with Crippen LogP contribution in [0.2, 0.25) is 0 Å². The lowest BCUT2D eigenvalue weighted by atomic mass is 9.75. The van der Waals surface area contributed by atoms with Crippen molar-refractivity contribution in [3.05, 3.63) is 70.3 Å². The molecule has 0 unspecified atom stereocenters. The topological polar surface area (TPSA) is 23.8 Å². The van der Waals surface area contributed by atoms with Gasteiger partial charge in [-0.1, -0.05) is 49.7 Å². The maximum absolute atomic E-state index is 14.0. The molecule has 30 heavy (non-hydrogen) atoms. The normalized spacial score (nSPS) is 21.6. The van der Waals surface area contributed by atoms with E-state index in [9.17, 15) is 8.78 Å². The van der Waals surface area contributed by atoms with Crippen molar-refractivity contribution in [2.45, 2.75) is 63.7 Å². The highest BCUT2D eigenvalue weighted by molar-refractivity contribution is 5.47. The van der Waals surface area contributed by atoms with E-state index >= 15 is 0 Å². The van der Waals surface area contributed by atoms with Gasteiger partial charge < -0.3 is 0 Å². The molecule has 0 heterocycles. The summed E-state index contributed by atoms with van der Waals surface area (Å²) in [6.45, 7) is 0. The summed E-state index contributed by atoms with van der Waals surface area (Å²) in [6, 6.07) is 11.9. The summed E-state index contributed by atoms with van der Waals surface area (Å²) in [5.41, 5.74) is 1.74. The summed E-state index contributed by atoms with van der Waals surface area (Å²) in [5, 5.41) is 8.78. The summed E-state index contributed by atoms with van der Waals surface area (Å²) in [6.07, 6.45) is 12.4. The molecule has 3 heteroatoms. The SMILES string of the molecule is N#Cc1cc(F)c(C#Cc2ccc(C3CCC(CC4CCCC4)CC3)cc2)c(F)c1. The van der Waals surface area contributed by atoms with Gasteiger partial charge in [0.1, 0.15) is 11.6 Å². The summed E-state index contributed by atoms with van der Waals surface area (Å²) < 4.78 is 27.9. The molecule has 0 atom stereocenters. The first-order valence-electron chi connectivity index (χ1n) is 11.1. The third-order valence-electron chi connectivity index (χ3n) is 6.87. The summed E-state index contributed by atoms with van der Waals surface area (Å²) in [7, 11) is 0. The third kappa shape index (κ3) is 4.91. The van der Waals surface area contributed by atoms with Crippen molar-refractivity contribution in [3.8, 4) is 17.9 Å². The predicted molar refractivity (Wildman–Crippen MR) is 115 cm³/mol. The van der Waals surface area contributed by atoms with E-state index < -0.39 is 11.6 Å². The Morgan fingerprint density at radius 1 is 0.767 bits per heavy atom. The lowest BCUT2D eigenvalue weighted by Crippen LogP contribution is -2.15. The maximum Gasteiger partial charge on any atom is 0.143 e. The fourth-order valence-electron chi connectivity index (χ4n) is 5.18. The van der Waals surface area contributed by atoms with Crippen LogP contribution in [0.15, 0.2) is 36.4 Å². The van der Waals surface area contributed by atoms with E-state index in [2.05, 4.69) is 24.0 Å². The third-order valence-corrected chi connectivity index (χ3v) is 6.87. The molecule has 0 aliphatic heterocycles. The van der Waals surface area contributed by atoms with Crippen LogP contribution in [0.4, 0.5) is 8.78 Å². The van der Waals surface area contributed by atoms with E-state index in [1.54, 1.807) is 6.07 Å². The number of benzene rings is 2. The summed E-state index contributed by atoms with van der Waals surface area (Å²) in [5.74, 6) is 6.32. The molecule has 0 amide bonds. The summed E-state index contributed by atoms with van der Waals surface area (Å²) >= 11 is 0. The van der Waals surface area contributed by atoms with Crippen molar-refractivity contribution in [1.82, 2.24) is 0 Å². The minimum absolute atomic E-state index is 0.0436. The average Bonchev–Trinajstić information content (AvgIpc) is 3.27. The van der Waals surface area contributed by atoms with Crippen LogP contribution in [0, 0.1) is 46.6 Å². The Morgan fingerprint density at radius 2 is 1.37 bits per heavy atom. The van der Waals surface area contributed by atoms with Crippen molar-refractivity contribution in [3.63, 3.8) is 0 Å². The summed E-state index contributed by atoms with van der Waals surface area (Å²) in [4.78, 5) is 0. The number of rotatable bonds is 3. The lowest BCUT2D eigenvalue weighted by Gasteiger charge is -2.30. The molecule has 0 saturated heterocycles. The molecule has 1 nitrogen and oxygen atoms in total. The molecule has 0 N–H and O–H groups in total. The van der Waals surface area contributed by atoms with Gasteiger partial charge in [0.25, 0.3) is 0 Å². The average molecular weight is 404 g/mol. The number of hydrogen-bond acceptors (Lipinski definition) is 1. The van der Waals surface area contributed by atoms with Crippen molar-refractivity contribution in [1.29, 1.82) is 5.26 Å². The number of hydrogen-bond donors (Lipinski definition) is 0. The van der Waals surface area contributed by atoms with Gasteiger partial charge >= 0.3 is 0 Å². The van der Waals surface area contributed by atoms with Gasteiger partial charge in [0.05, 0.1) is 17.2 Å². The second-order valence-corrected chi connectivity index (χ2v) is 8.90. The van der Waals surface area contributed by atoms with Gasteiger partial charge in [-0.2, -0.15) is 5.26 Å². The Hall–Kier alpha value is -2.65. The highest BCUT2D eigenvalue weighted by atomic mass is 19.1. The molecule has 2 aromatic carbocycles. The molecule has 0 aromatic heterocycles. The molecule has 0 radical (unpaired) electrons. The Labute approximate surface area is 178 Å². The molecule has 2 fully saturated rings. The Kier molecular flexibility index (Phi) is 6.49. The fourth-order valence-corrected chi connectivity index (χ4v) is 5.18. The molecule has 4 rings (SSSR count). The van der Waals surface area contributed by atoms with Gasteiger partial charge in [-0.05, 0) is 79.7 Å². The molecular formula is C27H27F2N. The molecule has 0 bridgehead atoms. The van der Waals surface area contributed by atoms with Crippen molar-refractivity contribution < 1.29 is 8.78 Å². The molecule has 2 aliphatic rings. The first kappa shape index (κ1) is 20.6. The van der Waals surface area contributed by atoms with Crippen molar-refractivity contribution in [2.75, 3.05) is 0 Å². The van der Waals surface area contributed by atoms with E-state index in [4.69, 9.17) is 5.26 Å². The molecule has 2 aromatic rings.